The summed E-state index contributed by atoms with van der Waals surface area (Å²) in [7, 11) is 0. The highest BCUT2D eigenvalue weighted by molar-refractivity contribution is 5.78. The van der Waals surface area contributed by atoms with Crippen molar-refractivity contribution in [3.8, 4) is 0 Å². The van der Waals surface area contributed by atoms with E-state index < -0.39 is 11.2 Å². The van der Waals surface area contributed by atoms with Crippen LogP contribution in [0.1, 0.15) is 200 Å². The van der Waals surface area contributed by atoms with Crippen LogP contribution in [0.25, 0.3) is 0 Å². The van der Waals surface area contributed by atoms with Gasteiger partial charge in [-0.1, -0.05) is 109 Å². The summed E-state index contributed by atoms with van der Waals surface area (Å²) in [5, 5.41) is 0. The molecule has 2 aliphatic carbocycles. The van der Waals surface area contributed by atoms with Crippen LogP contribution in [0.3, 0.4) is 0 Å². The molecule has 270 valence electrons. The zero-order valence-electron chi connectivity index (χ0n) is 33.3. The molecule has 0 aromatic heterocycles. The summed E-state index contributed by atoms with van der Waals surface area (Å²) in [6.45, 7) is 32.2. The number of carbonyl (C=O) groups is 2. The molecule has 2 aliphatic rings. The zero-order chi connectivity index (χ0) is 35.2. The molecule has 2 fully saturated rings. The van der Waals surface area contributed by atoms with E-state index in [1.807, 2.05) is 0 Å². The van der Waals surface area contributed by atoms with Crippen LogP contribution in [0.4, 0.5) is 0 Å². The third-order valence-corrected chi connectivity index (χ3v) is 10.7. The average molecular weight is 647 g/mol. The van der Waals surface area contributed by atoms with Crippen molar-refractivity contribution in [2.45, 2.75) is 211 Å². The lowest BCUT2D eigenvalue weighted by Gasteiger charge is -2.41. The van der Waals surface area contributed by atoms with Crippen LogP contribution >= 0.6 is 0 Å². The van der Waals surface area contributed by atoms with Crippen LogP contribution in [0, 0.1) is 45.3 Å². The van der Waals surface area contributed by atoms with Gasteiger partial charge < -0.3 is 9.47 Å². The van der Waals surface area contributed by atoms with Gasteiger partial charge in [0.15, 0.2) is 0 Å². The van der Waals surface area contributed by atoms with Gasteiger partial charge in [0, 0.05) is 0 Å². The third kappa shape index (κ3) is 15.4. The first-order valence-corrected chi connectivity index (χ1v) is 19.2. The fourth-order valence-corrected chi connectivity index (χ4v) is 9.53. The molecule has 46 heavy (non-hydrogen) atoms. The number of carbonyl (C=O) groups excluding carboxylic acids is 2. The second-order valence-corrected chi connectivity index (χ2v) is 21.2. The van der Waals surface area contributed by atoms with Gasteiger partial charge in [0.05, 0.1) is 12.8 Å². The molecule has 0 aromatic rings. The first kappa shape index (κ1) is 41.1. The highest BCUT2D eigenvalue weighted by Gasteiger charge is 2.44. The van der Waals surface area contributed by atoms with Gasteiger partial charge in [-0.15, -0.1) is 0 Å². The van der Waals surface area contributed by atoms with Gasteiger partial charge in [-0.3, -0.25) is 9.59 Å². The van der Waals surface area contributed by atoms with Crippen molar-refractivity contribution in [3.05, 3.63) is 0 Å². The predicted molar refractivity (Wildman–Crippen MR) is 195 cm³/mol. The zero-order valence-corrected chi connectivity index (χ0v) is 33.3. The van der Waals surface area contributed by atoms with Crippen molar-refractivity contribution in [1.29, 1.82) is 0 Å². The molecule has 0 aromatic carbocycles. The monoisotopic (exact) mass is 647 g/mol. The molecule has 0 amide bonds. The van der Waals surface area contributed by atoms with Gasteiger partial charge in [-0.05, 0) is 123 Å². The van der Waals surface area contributed by atoms with E-state index in [9.17, 15) is 9.59 Å². The number of ether oxygens (including phenoxy) is 2. The predicted octanol–water partition coefficient (Wildman–Crippen LogP) is 12.5. The molecular weight excluding hydrogens is 568 g/mol. The average Bonchev–Trinajstić information content (AvgIpc) is 3.53. The Morgan fingerprint density at radius 2 is 0.696 bits per heavy atom. The molecule has 0 radical (unpaired) electrons. The van der Waals surface area contributed by atoms with Crippen LogP contribution < -0.4 is 0 Å². The Hall–Kier alpha value is -1.06. The lowest BCUT2D eigenvalue weighted by Crippen LogP contribution is -2.42. The first-order valence-electron chi connectivity index (χ1n) is 19.2. The normalized spacial score (nSPS) is 20.3. The molecule has 0 saturated heterocycles. The maximum Gasteiger partial charge on any atom is 0.306 e. The summed E-state index contributed by atoms with van der Waals surface area (Å²) in [6, 6.07) is 0. The summed E-state index contributed by atoms with van der Waals surface area (Å²) >= 11 is 0. The maximum atomic E-state index is 13.6. The minimum atomic E-state index is -0.496. The standard InChI is InChI=1S/C42H78O4/c1-37(2,3)25-31(26-38(4,5)6)29-41(13,33-19-15-16-20-33)45-35(43)23-24-36(44)46-42(14,34-21-17-18-22-34)30-32(27-39(7,8)9)28-40(10,11)12/h31-34H,15-30H2,1-14H3. The molecule has 0 heterocycles. The van der Waals surface area contributed by atoms with Crippen molar-refractivity contribution in [1.82, 2.24) is 0 Å². The minimum absolute atomic E-state index is 0.0957. The molecule has 0 bridgehead atoms. The molecule has 0 N–H and O–H groups in total. The SMILES string of the molecule is CC(C)(C)CC(CC(C)(C)C)CC(C)(OC(=O)CCC(=O)OC(C)(CC(CC(C)(C)C)CC(C)(C)C)C1CCCC1)C1CCCC1. The van der Waals surface area contributed by atoms with E-state index in [0.717, 1.165) is 64.2 Å². The first-order chi connectivity index (χ1) is 20.8. The second-order valence-electron chi connectivity index (χ2n) is 21.2. The topological polar surface area (TPSA) is 52.6 Å². The van der Waals surface area contributed by atoms with E-state index in [1.165, 1.54) is 25.7 Å². The van der Waals surface area contributed by atoms with Crippen molar-refractivity contribution < 1.29 is 19.1 Å². The highest BCUT2D eigenvalue weighted by Crippen LogP contribution is 2.46. The van der Waals surface area contributed by atoms with E-state index in [0.29, 0.717) is 23.7 Å². The highest BCUT2D eigenvalue weighted by atomic mass is 16.6. The fraction of sp³-hybridized carbons (Fsp3) is 0.952. The Kier molecular flexibility index (Phi) is 14.4. The van der Waals surface area contributed by atoms with Crippen LogP contribution in [-0.4, -0.2) is 23.1 Å². The molecule has 2 atom stereocenters. The van der Waals surface area contributed by atoms with Crippen LogP contribution in [0.5, 0.6) is 0 Å². The summed E-state index contributed by atoms with van der Waals surface area (Å²) in [6.07, 6.45) is 15.7. The number of rotatable bonds is 15. The molecule has 4 nitrogen and oxygen atoms in total. The molecule has 2 saturated carbocycles. The van der Waals surface area contributed by atoms with Gasteiger partial charge in [0.2, 0.25) is 0 Å². The summed E-state index contributed by atoms with van der Waals surface area (Å²) in [5.41, 5.74) is -0.139. The van der Waals surface area contributed by atoms with Gasteiger partial charge in [-0.25, -0.2) is 0 Å². The van der Waals surface area contributed by atoms with Gasteiger partial charge >= 0.3 is 11.9 Å². The summed E-state index contributed by atoms with van der Waals surface area (Å²) in [4.78, 5) is 27.1. The van der Waals surface area contributed by atoms with Crippen LogP contribution in [0.15, 0.2) is 0 Å². The largest absolute Gasteiger partial charge is 0.459 e. The number of hydrogen-bond acceptors (Lipinski definition) is 4. The van der Waals surface area contributed by atoms with Crippen molar-refractivity contribution in [3.63, 3.8) is 0 Å². The van der Waals surface area contributed by atoms with Crippen LogP contribution in [-0.2, 0) is 19.1 Å². The molecular formula is C42H78O4. The minimum Gasteiger partial charge on any atom is -0.459 e. The smallest absolute Gasteiger partial charge is 0.306 e. The molecule has 2 rings (SSSR count). The second kappa shape index (κ2) is 16.1. The fourth-order valence-electron chi connectivity index (χ4n) is 9.53. The van der Waals surface area contributed by atoms with E-state index in [1.54, 1.807) is 0 Å². The summed E-state index contributed by atoms with van der Waals surface area (Å²) < 4.78 is 13.0. The maximum absolute atomic E-state index is 13.6. The van der Waals surface area contributed by atoms with Crippen molar-refractivity contribution in [2.75, 3.05) is 0 Å². The Morgan fingerprint density at radius 1 is 0.457 bits per heavy atom. The van der Waals surface area contributed by atoms with Gasteiger partial charge in [0.1, 0.15) is 11.2 Å². The lowest BCUT2D eigenvalue weighted by atomic mass is 9.70. The molecule has 0 spiro atoms. The molecule has 4 heteroatoms. The Balaban J connectivity index is 2.16. The number of hydrogen-bond donors (Lipinski definition) is 0. The van der Waals surface area contributed by atoms with Crippen LogP contribution in [0.2, 0.25) is 0 Å². The van der Waals surface area contributed by atoms with Crippen molar-refractivity contribution in [2.24, 2.45) is 45.3 Å². The summed E-state index contributed by atoms with van der Waals surface area (Å²) in [5.74, 6) is 1.25. The quantitative estimate of drug-likeness (QED) is 0.166. The third-order valence-electron chi connectivity index (χ3n) is 10.7. The lowest BCUT2D eigenvalue weighted by molar-refractivity contribution is -0.174. The Bertz CT molecular complexity index is 832. The van der Waals surface area contributed by atoms with Gasteiger partial charge in [-0.2, -0.15) is 0 Å². The van der Waals surface area contributed by atoms with E-state index >= 15 is 0 Å². The Morgan fingerprint density at radius 3 is 0.913 bits per heavy atom. The number of esters is 2. The van der Waals surface area contributed by atoms with E-state index in [-0.39, 0.29) is 46.4 Å². The van der Waals surface area contributed by atoms with Crippen molar-refractivity contribution >= 4 is 11.9 Å². The van der Waals surface area contributed by atoms with E-state index in [4.69, 9.17) is 9.47 Å². The van der Waals surface area contributed by atoms with E-state index in [2.05, 4.69) is 96.9 Å². The van der Waals surface area contributed by atoms with Gasteiger partial charge in [0.25, 0.3) is 0 Å². The Labute approximate surface area is 286 Å². The molecule has 2 unspecified atom stereocenters. The molecule has 0 aliphatic heterocycles.